The molecule has 0 unspecified atom stereocenters. The lowest BCUT2D eigenvalue weighted by Crippen LogP contribution is -2.33. The second-order valence-corrected chi connectivity index (χ2v) is 9.79. The number of benzene rings is 1. The molecule has 2 aromatic heterocycles. The van der Waals surface area contributed by atoms with Crippen molar-refractivity contribution in [2.75, 3.05) is 12.4 Å². The van der Waals surface area contributed by atoms with Gasteiger partial charge in [-0.25, -0.2) is 18.1 Å². The highest BCUT2D eigenvalue weighted by atomic mass is 32.2. The minimum Gasteiger partial charge on any atom is -0.322 e. The van der Waals surface area contributed by atoms with Crippen LogP contribution in [0.3, 0.4) is 0 Å². The highest BCUT2D eigenvalue weighted by molar-refractivity contribution is 7.89. The summed E-state index contributed by atoms with van der Waals surface area (Å²) in [5.74, 6) is 0.346. The van der Waals surface area contributed by atoms with Gasteiger partial charge < -0.3 is 5.32 Å². The molecule has 0 saturated heterocycles. The maximum atomic E-state index is 13.0. The molecule has 2 heterocycles. The number of aromatic nitrogens is 3. The van der Waals surface area contributed by atoms with E-state index in [2.05, 4.69) is 15.4 Å². The largest absolute Gasteiger partial charge is 0.322 e. The molecule has 0 aliphatic heterocycles. The average Bonchev–Trinajstić information content (AvgIpc) is 3.20. The first-order valence-corrected chi connectivity index (χ1v) is 11.5. The lowest BCUT2D eigenvalue weighted by Gasteiger charge is -2.21. The first-order chi connectivity index (χ1) is 14.6. The molecule has 3 rings (SSSR count). The fraction of sp³-hybridized carbons (Fsp3) is 0.318. The quantitative estimate of drug-likeness (QED) is 0.603. The Morgan fingerprint density at radius 2 is 1.74 bits per heavy atom. The summed E-state index contributed by atoms with van der Waals surface area (Å²) >= 11 is 0. The molecule has 31 heavy (non-hydrogen) atoms. The molecule has 0 radical (unpaired) electrons. The van der Waals surface area contributed by atoms with Crippen molar-refractivity contribution in [3.05, 3.63) is 66.1 Å². The average molecular weight is 442 g/mol. The Hall–Kier alpha value is -3.04. The Bertz CT molecular complexity index is 1150. The number of sulfonamides is 1. The van der Waals surface area contributed by atoms with Crippen LogP contribution in [0.5, 0.6) is 0 Å². The Morgan fingerprint density at radius 3 is 2.29 bits per heavy atom. The van der Waals surface area contributed by atoms with Gasteiger partial charge in [0.15, 0.2) is 5.82 Å². The fourth-order valence-electron chi connectivity index (χ4n) is 3.10. The van der Waals surface area contributed by atoms with Crippen LogP contribution in [0.4, 0.5) is 5.69 Å². The molecule has 0 aliphatic rings. The SMILES string of the molecule is CC(C)c1c(C(=O)Nc2ccc(S(=O)(=O)N(C)C(C)C)cc2)cnn1-c1ccccn1. The Labute approximate surface area is 183 Å². The van der Waals surface area contributed by atoms with Gasteiger partial charge in [-0.3, -0.25) is 4.79 Å². The number of rotatable bonds is 7. The molecule has 164 valence electrons. The molecule has 0 fully saturated rings. The highest BCUT2D eigenvalue weighted by Gasteiger charge is 2.24. The number of hydrogen-bond donors (Lipinski definition) is 1. The number of carbonyl (C=O) groups excluding carboxylic acids is 1. The van der Waals surface area contributed by atoms with Crippen LogP contribution in [0.25, 0.3) is 5.82 Å². The second kappa shape index (κ2) is 8.99. The van der Waals surface area contributed by atoms with E-state index in [9.17, 15) is 13.2 Å². The molecular weight excluding hydrogens is 414 g/mol. The third kappa shape index (κ3) is 4.67. The third-order valence-electron chi connectivity index (χ3n) is 4.98. The summed E-state index contributed by atoms with van der Waals surface area (Å²) in [6, 6.07) is 11.5. The summed E-state index contributed by atoms with van der Waals surface area (Å²) in [6.45, 7) is 7.59. The van der Waals surface area contributed by atoms with Gasteiger partial charge in [0.25, 0.3) is 5.91 Å². The van der Waals surface area contributed by atoms with Crippen molar-refractivity contribution in [3.63, 3.8) is 0 Å². The van der Waals surface area contributed by atoms with Gasteiger partial charge in [-0.15, -0.1) is 0 Å². The molecule has 8 nitrogen and oxygen atoms in total. The van der Waals surface area contributed by atoms with Crippen molar-refractivity contribution >= 4 is 21.6 Å². The van der Waals surface area contributed by atoms with Crippen LogP contribution < -0.4 is 5.32 Å². The number of amides is 1. The molecular formula is C22H27N5O3S. The van der Waals surface area contributed by atoms with E-state index in [-0.39, 0.29) is 22.8 Å². The van der Waals surface area contributed by atoms with Crippen molar-refractivity contribution in [2.45, 2.75) is 44.6 Å². The van der Waals surface area contributed by atoms with E-state index in [1.807, 2.05) is 45.9 Å². The van der Waals surface area contributed by atoms with E-state index in [4.69, 9.17) is 0 Å². The van der Waals surface area contributed by atoms with Crippen molar-refractivity contribution in [1.29, 1.82) is 0 Å². The van der Waals surface area contributed by atoms with Gasteiger partial charge in [0.2, 0.25) is 10.0 Å². The van der Waals surface area contributed by atoms with Crippen LogP contribution in [0.1, 0.15) is 49.7 Å². The minimum absolute atomic E-state index is 0.0318. The predicted octanol–water partition coefficient (Wildman–Crippen LogP) is 3.67. The smallest absolute Gasteiger partial charge is 0.259 e. The number of carbonyl (C=O) groups is 1. The lowest BCUT2D eigenvalue weighted by atomic mass is 10.1. The van der Waals surface area contributed by atoms with Crippen LogP contribution in [0.15, 0.2) is 59.8 Å². The molecule has 0 spiro atoms. The van der Waals surface area contributed by atoms with Crippen LogP contribution in [-0.4, -0.2) is 46.5 Å². The van der Waals surface area contributed by atoms with E-state index in [0.29, 0.717) is 17.1 Å². The van der Waals surface area contributed by atoms with Crippen molar-refractivity contribution in [2.24, 2.45) is 0 Å². The predicted molar refractivity (Wildman–Crippen MR) is 120 cm³/mol. The zero-order chi connectivity index (χ0) is 22.8. The highest BCUT2D eigenvalue weighted by Crippen LogP contribution is 2.24. The van der Waals surface area contributed by atoms with Crippen molar-refractivity contribution in [1.82, 2.24) is 19.1 Å². The van der Waals surface area contributed by atoms with Crippen LogP contribution >= 0.6 is 0 Å². The zero-order valence-corrected chi connectivity index (χ0v) is 19.1. The molecule has 3 aromatic rings. The summed E-state index contributed by atoms with van der Waals surface area (Å²) in [6.07, 6.45) is 3.20. The van der Waals surface area contributed by atoms with E-state index in [0.717, 1.165) is 5.69 Å². The molecule has 0 saturated carbocycles. The maximum absolute atomic E-state index is 13.0. The summed E-state index contributed by atoms with van der Waals surface area (Å²) in [4.78, 5) is 17.4. The maximum Gasteiger partial charge on any atom is 0.259 e. The van der Waals surface area contributed by atoms with Crippen LogP contribution in [0.2, 0.25) is 0 Å². The molecule has 0 aliphatic carbocycles. The van der Waals surface area contributed by atoms with E-state index in [1.54, 1.807) is 30.1 Å². The van der Waals surface area contributed by atoms with Gasteiger partial charge in [-0.2, -0.15) is 9.40 Å². The van der Waals surface area contributed by atoms with Crippen molar-refractivity contribution in [3.8, 4) is 5.82 Å². The number of pyridine rings is 1. The van der Waals surface area contributed by atoms with E-state index in [1.165, 1.54) is 22.6 Å². The number of hydrogen-bond acceptors (Lipinski definition) is 5. The Kier molecular flexibility index (Phi) is 6.56. The normalized spacial score (nSPS) is 12.0. The standard InChI is InChI=1S/C22H27N5O3S/c1-15(2)21-19(14-24-27(21)20-8-6-7-13-23-20)22(28)25-17-9-11-18(12-10-17)31(29,30)26(5)16(3)4/h6-16H,1-5H3,(H,25,28). The summed E-state index contributed by atoms with van der Waals surface area (Å²) in [5.41, 5.74) is 1.68. The van der Waals surface area contributed by atoms with Gasteiger partial charge in [0.1, 0.15) is 0 Å². The topological polar surface area (TPSA) is 97.2 Å². The van der Waals surface area contributed by atoms with Gasteiger partial charge >= 0.3 is 0 Å². The van der Waals surface area contributed by atoms with Gasteiger partial charge in [0, 0.05) is 25.0 Å². The van der Waals surface area contributed by atoms with E-state index < -0.39 is 10.0 Å². The first kappa shape index (κ1) is 22.6. The molecule has 1 aromatic carbocycles. The van der Waals surface area contributed by atoms with Gasteiger partial charge in [0.05, 0.1) is 22.3 Å². The Morgan fingerprint density at radius 1 is 1.06 bits per heavy atom. The van der Waals surface area contributed by atoms with Crippen LogP contribution in [0, 0.1) is 0 Å². The Balaban J connectivity index is 1.85. The monoisotopic (exact) mass is 441 g/mol. The summed E-state index contributed by atoms with van der Waals surface area (Å²) in [5, 5.41) is 7.19. The molecule has 0 bridgehead atoms. The van der Waals surface area contributed by atoms with Crippen LogP contribution in [-0.2, 0) is 10.0 Å². The molecule has 0 atom stereocenters. The minimum atomic E-state index is -3.58. The number of nitrogens with one attached hydrogen (secondary N) is 1. The van der Waals surface area contributed by atoms with Gasteiger partial charge in [-0.05, 0) is 56.2 Å². The van der Waals surface area contributed by atoms with Gasteiger partial charge in [-0.1, -0.05) is 19.9 Å². The number of nitrogens with zero attached hydrogens (tertiary/aromatic N) is 4. The lowest BCUT2D eigenvalue weighted by molar-refractivity contribution is 0.102. The summed E-state index contributed by atoms with van der Waals surface area (Å²) in [7, 11) is -2.04. The zero-order valence-electron chi connectivity index (χ0n) is 18.3. The number of anilines is 1. The third-order valence-corrected chi connectivity index (χ3v) is 7.03. The summed E-state index contributed by atoms with van der Waals surface area (Å²) < 4.78 is 28.2. The fourth-order valence-corrected chi connectivity index (χ4v) is 4.47. The molecule has 9 heteroatoms. The first-order valence-electron chi connectivity index (χ1n) is 10.0. The molecule has 1 amide bonds. The second-order valence-electron chi connectivity index (χ2n) is 7.79. The van der Waals surface area contributed by atoms with E-state index >= 15 is 0 Å². The van der Waals surface area contributed by atoms with Crippen molar-refractivity contribution < 1.29 is 13.2 Å². The molecule has 1 N–H and O–H groups in total.